The van der Waals surface area contributed by atoms with Crippen molar-refractivity contribution in [2.24, 2.45) is 0 Å². The van der Waals surface area contributed by atoms with E-state index in [2.05, 4.69) is 199 Å². The Kier molecular flexibility index (Phi) is 6.41. The van der Waals surface area contributed by atoms with E-state index in [-0.39, 0.29) is 0 Å². The number of hydrogen-bond donors (Lipinski definition) is 0. The van der Waals surface area contributed by atoms with E-state index in [1.54, 1.807) is 0 Å². The first kappa shape index (κ1) is 30.6. The molecule has 1 atom stereocenters. The summed E-state index contributed by atoms with van der Waals surface area (Å²) >= 11 is 0. The van der Waals surface area contributed by atoms with E-state index in [0.29, 0.717) is 5.92 Å². The predicted octanol–water partition coefficient (Wildman–Crippen LogP) is 14.4. The van der Waals surface area contributed by atoms with Crippen LogP contribution in [0.1, 0.15) is 23.5 Å². The first-order valence-electron chi connectivity index (χ1n) is 19.4. The van der Waals surface area contributed by atoms with Gasteiger partial charge in [-0.15, -0.1) is 0 Å². The van der Waals surface area contributed by atoms with Gasteiger partial charge < -0.3 is 9.80 Å². The van der Waals surface area contributed by atoms with Crippen LogP contribution in [-0.2, 0) is 0 Å². The van der Waals surface area contributed by atoms with Crippen molar-refractivity contribution in [3.63, 3.8) is 0 Å². The average molecular weight is 701 g/mol. The fourth-order valence-electron chi connectivity index (χ4n) is 9.98. The molecule has 1 unspecified atom stereocenters. The molecular formula is C53H36N2. The summed E-state index contributed by atoms with van der Waals surface area (Å²) in [6.45, 7) is 2.18. The molecule has 0 N–H and O–H groups in total. The van der Waals surface area contributed by atoms with E-state index in [1.807, 2.05) is 0 Å². The number of rotatable bonds is 4. The number of nitrogens with zero attached hydrogens (tertiary/aromatic N) is 2. The monoisotopic (exact) mass is 700 g/mol. The number of allylic oxidation sites excluding steroid dienone is 3. The fraction of sp³-hybridized carbons (Fsp3) is 0.0566. The zero-order chi connectivity index (χ0) is 36.2. The van der Waals surface area contributed by atoms with Crippen LogP contribution >= 0.6 is 0 Å². The van der Waals surface area contributed by atoms with E-state index >= 15 is 0 Å². The van der Waals surface area contributed by atoms with E-state index in [9.17, 15) is 0 Å². The highest BCUT2D eigenvalue weighted by atomic mass is 15.2. The molecule has 8 aromatic carbocycles. The van der Waals surface area contributed by atoms with Crippen molar-refractivity contribution < 1.29 is 0 Å². The van der Waals surface area contributed by atoms with Crippen LogP contribution in [0.3, 0.4) is 0 Å². The van der Waals surface area contributed by atoms with Crippen LogP contribution in [0.4, 0.5) is 22.7 Å². The van der Waals surface area contributed by atoms with Crippen molar-refractivity contribution >= 4 is 33.5 Å². The highest BCUT2D eigenvalue weighted by Gasteiger charge is 2.37. The predicted molar refractivity (Wildman–Crippen MR) is 230 cm³/mol. The van der Waals surface area contributed by atoms with Crippen LogP contribution in [0.25, 0.3) is 66.4 Å². The van der Waals surface area contributed by atoms with Gasteiger partial charge in [-0.05, 0) is 128 Å². The van der Waals surface area contributed by atoms with Crippen LogP contribution in [-0.4, -0.2) is 0 Å². The summed E-state index contributed by atoms with van der Waals surface area (Å²) < 4.78 is 0. The lowest BCUT2D eigenvalue weighted by Gasteiger charge is -2.33. The van der Waals surface area contributed by atoms with Crippen molar-refractivity contribution in [1.29, 1.82) is 0 Å². The molecule has 0 amide bonds. The van der Waals surface area contributed by atoms with Gasteiger partial charge in [-0.3, -0.25) is 0 Å². The van der Waals surface area contributed by atoms with Gasteiger partial charge in [-0.2, -0.15) is 0 Å². The Morgan fingerprint density at radius 3 is 2.00 bits per heavy atom. The second kappa shape index (κ2) is 11.5. The Bertz CT molecular complexity index is 2970. The molecule has 0 aromatic heterocycles. The standard InChI is InChI=1S/C53H36N2/c1-33-12-8-15-35(30-33)55-50-24-7-6-18-41(50)42-29-27-37(32-51(42)55)54(49-25-9-14-34-13-2-3-16-38(34)49)36-26-28-40-45-21-11-22-46-47-23-10-20-44(53(47)48(40)31-36)39-17-4-5-19-43(39)52(45)46/h2-28,30-32,42H,29H2,1H3. The first-order chi connectivity index (χ1) is 27.2. The quantitative estimate of drug-likeness (QED) is 0.180. The highest BCUT2D eigenvalue weighted by Crippen LogP contribution is 2.58. The van der Waals surface area contributed by atoms with Crippen molar-refractivity contribution in [1.82, 2.24) is 0 Å². The Hall–Kier alpha value is -6.90. The molecule has 4 aliphatic rings. The van der Waals surface area contributed by atoms with Gasteiger partial charge in [-0.25, -0.2) is 0 Å². The zero-order valence-corrected chi connectivity index (χ0v) is 30.5. The molecular weight excluding hydrogens is 665 g/mol. The maximum atomic E-state index is 2.52. The van der Waals surface area contributed by atoms with Gasteiger partial charge in [0.1, 0.15) is 0 Å². The van der Waals surface area contributed by atoms with Gasteiger partial charge in [0, 0.05) is 39.8 Å². The summed E-state index contributed by atoms with van der Waals surface area (Å²) in [4.78, 5) is 5.02. The van der Waals surface area contributed by atoms with Crippen molar-refractivity contribution in [3.8, 4) is 55.6 Å². The lowest BCUT2D eigenvalue weighted by atomic mass is 9.83. The molecule has 8 aromatic rings. The Morgan fingerprint density at radius 2 is 1.16 bits per heavy atom. The molecule has 1 heterocycles. The van der Waals surface area contributed by atoms with Crippen molar-refractivity contribution in [3.05, 3.63) is 205 Å². The molecule has 12 rings (SSSR count). The Morgan fingerprint density at radius 1 is 0.527 bits per heavy atom. The van der Waals surface area contributed by atoms with Crippen molar-refractivity contribution in [2.45, 2.75) is 19.3 Å². The smallest absolute Gasteiger partial charge is 0.0539 e. The molecule has 0 saturated carbocycles. The molecule has 2 heteroatoms. The third-order valence-corrected chi connectivity index (χ3v) is 12.3. The number of anilines is 4. The average Bonchev–Trinajstić information content (AvgIpc) is 3.51. The lowest BCUT2D eigenvalue weighted by molar-refractivity contribution is 0.806. The summed E-state index contributed by atoms with van der Waals surface area (Å²) in [5.41, 5.74) is 23.0. The molecule has 6 bridgehead atoms. The second-order valence-corrected chi connectivity index (χ2v) is 15.3. The third kappa shape index (κ3) is 4.37. The SMILES string of the molecule is Cc1cccc(N2C3=CC(N(c4ccc5c(c4)-c4c6cccc4-c4cccc-5c4-c4ccccc4-6)c4cccc5ccccc45)=CCC3c3ccccc32)c1. The van der Waals surface area contributed by atoms with E-state index in [0.717, 1.165) is 12.1 Å². The number of benzene rings is 8. The molecule has 0 fully saturated rings. The normalized spacial score (nSPS) is 15.3. The van der Waals surface area contributed by atoms with Crippen LogP contribution < -0.4 is 9.80 Å². The van der Waals surface area contributed by atoms with Gasteiger partial charge in [0.2, 0.25) is 0 Å². The maximum absolute atomic E-state index is 2.52. The molecule has 55 heavy (non-hydrogen) atoms. The number of fused-ring (bicyclic) bond motifs is 8. The molecule has 0 saturated heterocycles. The largest absolute Gasteiger partial charge is 0.313 e. The van der Waals surface area contributed by atoms with Gasteiger partial charge in [0.15, 0.2) is 0 Å². The zero-order valence-electron chi connectivity index (χ0n) is 30.5. The van der Waals surface area contributed by atoms with Crippen LogP contribution in [0.15, 0.2) is 193 Å². The summed E-state index contributed by atoms with van der Waals surface area (Å²) in [5.74, 6) is 0.291. The van der Waals surface area contributed by atoms with Crippen LogP contribution in [0.5, 0.6) is 0 Å². The second-order valence-electron chi connectivity index (χ2n) is 15.3. The van der Waals surface area contributed by atoms with Gasteiger partial charge in [0.05, 0.1) is 5.69 Å². The lowest BCUT2D eigenvalue weighted by Crippen LogP contribution is -2.22. The van der Waals surface area contributed by atoms with Crippen molar-refractivity contribution in [2.75, 3.05) is 9.80 Å². The van der Waals surface area contributed by atoms with Gasteiger partial charge in [-0.1, -0.05) is 140 Å². The molecule has 3 aliphatic carbocycles. The summed E-state index contributed by atoms with van der Waals surface area (Å²) in [6, 6.07) is 63.3. The number of para-hydroxylation sites is 1. The van der Waals surface area contributed by atoms with Crippen LogP contribution in [0.2, 0.25) is 0 Å². The summed E-state index contributed by atoms with van der Waals surface area (Å²) in [5, 5.41) is 2.47. The summed E-state index contributed by atoms with van der Waals surface area (Å²) in [6.07, 6.45) is 5.85. The van der Waals surface area contributed by atoms with Crippen LogP contribution in [0, 0.1) is 6.92 Å². The number of hydrogen-bond acceptors (Lipinski definition) is 2. The summed E-state index contributed by atoms with van der Waals surface area (Å²) in [7, 11) is 0. The third-order valence-electron chi connectivity index (χ3n) is 12.3. The van der Waals surface area contributed by atoms with Gasteiger partial charge in [0.25, 0.3) is 0 Å². The Balaban J connectivity index is 1.10. The molecule has 1 aliphatic heterocycles. The molecule has 2 nitrogen and oxygen atoms in total. The first-order valence-corrected chi connectivity index (χ1v) is 19.4. The molecule has 0 radical (unpaired) electrons. The minimum absolute atomic E-state index is 0.291. The number of aryl methyl sites for hydroxylation is 1. The Labute approximate surface area is 321 Å². The topological polar surface area (TPSA) is 6.48 Å². The molecule has 0 spiro atoms. The van der Waals surface area contributed by atoms with E-state index < -0.39 is 0 Å². The minimum atomic E-state index is 0.291. The maximum Gasteiger partial charge on any atom is 0.0539 e. The van der Waals surface area contributed by atoms with E-state index in [1.165, 1.54) is 106 Å². The van der Waals surface area contributed by atoms with Gasteiger partial charge >= 0.3 is 0 Å². The molecule has 258 valence electrons. The highest BCUT2D eigenvalue weighted by molar-refractivity contribution is 6.15. The minimum Gasteiger partial charge on any atom is -0.313 e. The fourth-order valence-corrected chi connectivity index (χ4v) is 9.98. The van der Waals surface area contributed by atoms with E-state index in [4.69, 9.17) is 0 Å².